The van der Waals surface area contributed by atoms with Crippen LogP contribution >= 0.6 is 10.5 Å². The minimum atomic E-state index is -9.85. The highest BCUT2D eigenvalue weighted by molar-refractivity contribution is 8.42. The largest absolute Gasteiger partial charge is 0.435 e. The van der Waals surface area contributed by atoms with E-state index in [4.69, 9.17) is 0 Å². The van der Waals surface area contributed by atoms with Crippen LogP contribution in [-0.4, -0.2) is 0 Å². The van der Waals surface area contributed by atoms with Crippen LogP contribution in [0.2, 0.25) is 0 Å². The molecule has 1 aromatic rings. The monoisotopic (exact) mass is 248 g/mol. The van der Waals surface area contributed by atoms with Gasteiger partial charge in [-0.15, -0.1) is 0 Å². The van der Waals surface area contributed by atoms with Crippen LogP contribution in [0.1, 0.15) is 11.1 Å². The summed E-state index contributed by atoms with van der Waals surface area (Å²) in [6, 6.07) is 3.72. The van der Waals surface area contributed by atoms with Crippen molar-refractivity contribution in [3.63, 3.8) is 0 Å². The van der Waals surface area contributed by atoms with Gasteiger partial charge in [0.15, 0.2) is 0 Å². The molecule has 0 atom stereocenters. The van der Waals surface area contributed by atoms with E-state index >= 15 is 0 Å². The number of aryl methyl sites for hydroxylation is 2. The van der Waals surface area contributed by atoms with Gasteiger partial charge in [-0.2, -0.15) is 0 Å². The van der Waals surface area contributed by atoms with Gasteiger partial charge in [0.25, 0.3) is 0 Å². The fraction of sp³-hybridized carbons (Fsp3) is 0.250. The average molecular weight is 248 g/mol. The smallest absolute Gasteiger partial charge is 0.354 e. The van der Waals surface area contributed by atoms with E-state index in [0.29, 0.717) is 5.56 Å². The molecule has 0 aliphatic carbocycles. The highest BCUT2D eigenvalue weighted by Gasteiger charge is 2.67. The van der Waals surface area contributed by atoms with E-state index in [0.717, 1.165) is 6.07 Å². The SMILES string of the molecule is Cc1ccc(C)c(OS(F)(F)(F)(F)F)c1. The number of benzene rings is 1. The summed E-state index contributed by atoms with van der Waals surface area (Å²) in [6.07, 6.45) is 0. The minimum absolute atomic E-state index is 0.00819. The second-order valence-electron chi connectivity index (χ2n) is 3.25. The van der Waals surface area contributed by atoms with Gasteiger partial charge in [0.1, 0.15) is 5.75 Å². The summed E-state index contributed by atoms with van der Waals surface area (Å²) in [6.45, 7) is 2.75. The zero-order valence-electron chi connectivity index (χ0n) is 7.94. The van der Waals surface area contributed by atoms with Gasteiger partial charge < -0.3 is 4.18 Å². The minimum Gasteiger partial charge on any atom is -0.354 e. The van der Waals surface area contributed by atoms with Crippen LogP contribution in [0.3, 0.4) is 0 Å². The first-order valence-electron chi connectivity index (χ1n) is 3.88. The van der Waals surface area contributed by atoms with Gasteiger partial charge >= 0.3 is 10.5 Å². The Morgan fingerprint density at radius 3 is 2.00 bits per heavy atom. The molecule has 88 valence electrons. The van der Waals surface area contributed by atoms with Crippen LogP contribution in [0, 0.1) is 13.8 Å². The Kier molecular flexibility index (Phi) is 2.08. The standard InChI is InChI=1S/C8H9F5OS/c1-6-3-4-7(2)8(5-6)14-15(9,10,11,12)13/h3-5H,1-2H3. The van der Waals surface area contributed by atoms with E-state index < -0.39 is 16.3 Å². The Balaban J connectivity index is 3.17. The molecule has 0 N–H and O–H groups in total. The fourth-order valence-electron chi connectivity index (χ4n) is 0.967. The molecule has 1 nitrogen and oxygen atoms in total. The molecule has 0 heterocycles. The van der Waals surface area contributed by atoms with Gasteiger partial charge in [-0.3, -0.25) is 0 Å². The molecule has 0 bridgehead atoms. The van der Waals surface area contributed by atoms with Crippen LogP contribution in [0.25, 0.3) is 0 Å². The molecule has 0 saturated heterocycles. The van der Waals surface area contributed by atoms with E-state index in [2.05, 4.69) is 4.18 Å². The van der Waals surface area contributed by atoms with E-state index in [1.165, 1.54) is 26.0 Å². The molecule has 0 fully saturated rings. The van der Waals surface area contributed by atoms with Crippen LogP contribution in [0.15, 0.2) is 18.2 Å². The molecule has 1 aromatic carbocycles. The third-order valence-corrected chi connectivity index (χ3v) is 2.09. The summed E-state index contributed by atoms with van der Waals surface area (Å²) < 4.78 is 62.9. The number of rotatable bonds is 2. The lowest BCUT2D eigenvalue weighted by atomic mass is 10.1. The van der Waals surface area contributed by atoms with Gasteiger partial charge in [-0.1, -0.05) is 31.6 Å². The van der Waals surface area contributed by atoms with Crippen molar-refractivity contribution in [3.05, 3.63) is 29.3 Å². The first kappa shape index (κ1) is 12.1. The molecule has 15 heavy (non-hydrogen) atoms. The van der Waals surface area contributed by atoms with Gasteiger partial charge in [0, 0.05) is 0 Å². The van der Waals surface area contributed by atoms with Crippen LogP contribution in [-0.2, 0) is 0 Å². The molecule has 7 heteroatoms. The first-order valence-corrected chi connectivity index (χ1v) is 5.76. The molecular formula is C8H9F5OS. The van der Waals surface area contributed by atoms with E-state index in [-0.39, 0.29) is 5.56 Å². The van der Waals surface area contributed by atoms with E-state index in [1.54, 1.807) is 0 Å². The van der Waals surface area contributed by atoms with Gasteiger partial charge in [-0.05, 0) is 31.0 Å². The Bertz CT molecular complexity index is 396. The summed E-state index contributed by atoms with van der Waals surface area (Å²) in [5, 5.41) is 0. The van der Waals surface area contributed by atoms with Crippen molar-refractivity contribution in [2.45, 2.75) is 13.8 Å². The zero-order chi connectivity index (χ0) is 12.0. The second kappa shape index (κ2) is 2.58. The number of hydrogen-bond acceptors (Lipinski definition) is 1. The number of hydrogen-bond donors (Lipinski definition) is 0. The van der Waals surface area contributed by atoms with Crippen LogP contribution in [0.4, 0.5) is 19.4 Å². The van der Waals surface area contributed by atoms with E-state index in [9.17, 15) is 19.4 Å². The van der Waals surface area contributed by atoms with Crippen molar-refractivity contribution < 1.29 is 23.6 Å². The molecule has 0 saturated carbocycles. The first-order chi connectivity index (χ1) is 6.36. The second-order valence-corrected chi connectivity index (χ2v) is 5.21. The van der Waals surface area contributed by atoms with Crippen molar-refractivity contribution in [2.75, 3.05) is 0 Å². The average Bonchev–Trinajstić information content (AvgIpc) is 1.91. The lowest BCUT2D eigenvalue weighted by Gasteiger charge is -2.39. The molecule has 1 rings (SSSR count). The van der Waals surface area contributed by atoms with Crippen molar-refractivity contribution in [2.24, 2.45) is 0 Å². The Morgan fingerprint density at radius 2 is 1.53 bits per heavy atom. The summed E-state index contributed by atoms with van der Waals surface area (Å²) in [5.41, 5.74) is 0.423. The highest BCUT2D eigenvalue weighted by Crippen LogP contribution is 2.97. The van der Waals surface area contributed by atoms with Gasteiger partial charge in [-0.25, -0.2) is 0 Å². The maximum absolute atomic E-state index is 12.0. The van der Waals surface area contributed by atoms with E-state index in [1.807, 2.05) is 0 Å². The zero-order valence-corrected chi connectivity index (χ0v) is 8.75. The van der Waals surface area contributed by atoms with Crippen molar-refractivity contribution >= 4 is 10.5 Å². The molecule has 0 spiro atoms. The lowest BCUT2D eigenvalue weighted by molar-refractivity contribution is 0.242. The maximum atomic E-state index is 12.0. The Morgan fingerprint density at radius 1 is 1.00 bits per heavy atom. The predicted octanol–water partition coefficient (Wildman–Crippen LogP) is 4.90. The summed E-state index contributed by atoms with van der Waals surface area (Å²) in [5.74, 6) is -0.853. The van der Waals surface area contributed by atoms with Crippen LogP contribution < -0.4 is 4.18 Å². The molecule has 0 unspecified atom stereocenters. The van der Waals surface area contributed by atoms with Crippen LogP contribution in [0.5, 0.6) is 5.75 Å². The third-order valence-electron chi connectivity index (χ3n) is 1.59. The Hall–Kier alpha value is -0.980. The molecule has 0 aliphatic heterocycles. The molecule has 0 aromatic heterocycles. The van der Waals surface area contributed by atoms with Crippen molar-refractivity contribution in [3.8, 4) is 5.75 Å². The van der Waals surface area contributed by atoms with Gasteiger partial charge in [0.2, 0.25) is 0 Å². The Labute approximate surface area is 83.8 Å². The third kappa shape index (κ3) is 4.37. The maximum Gasteiger partial charge on any atom is 0.435 e. The van der Waals surface area contributed by atoms with Crippen molar-refractivity contribution in [1.29, 1.82) is 0 Å². The van der Waals surface area contributed by atoms with Crippen molar-refractivity contribution in [1.82, 2.24) is 0 Å². The predicted molar refractivity (Wildman–Crippen MR) is 49.7 cm³/mol. The lowest BCUT2D eigenvalue weighted by Crippen LogP contribution is -2.14. The molecule has 0 radical (unpaired) electrons. The number of halogens is 5. The quantitative estimate of drug-likeness (QED) is 0.676. The summed E-state index contributed by atoms with van der Waals surface area (Å²) in [7, 11) is -9.85. The molecule has 0 aliphatic rings. The highest BCUT2D eigenvalue weighted by atomic mass is 32.5. The molecular weight excluding hydrogens is 239 g/mol. The summed E-state index contributed by atoms with van der Waals surface area (Å²) in [4.78, 5) is 0. The van der Waals surface area contributed by atoms with Gasteiger partial charge in [0.05, 0.1) is 0 Å². The molecule has 0 amide bonds. The topological polar surface area (TPSA) is 9.23 Å². The fourth-order valence-corrected chi connectivity index (χ4v) is 1.49. The normalized spacial score (nSPS) is 16.7. The summed E-state index contributed by atoms with van der Waals surface area (Å²) >= 11 is 0.